The molecule has 1 heterocycles. The number of likely N-dealkylation sites (N-methyl/N-ethyl adjacent to an activating group) is 1. The van der Waals surface area contributed by atoms with E-state index < -0.39 is 0 Å². The van der Waals surface area contributed by atoms with Gasteiger partial charge < -0.3 is 10.6 Å². The van der Waals surface area contributed by atoms with Gasteiger partial charge in [-0.3, -0.25) is 8.97 Å². The van der Waals surface area contributed by atoms with Crippen molar-refractivity contribution >= 4 is 45.2 Å². The Morgan fingerprint density at radius 2 is 1.72 bits per heavy atom. The highest BCUT2D eigenvalue weighted by Gasteiger charge is 2.49. The molecule has 0 aliphatic carbocycles. The number of rotatable bonds is 11. The molecule has 0 aromatic heterocycles. The van der Waals surface area contributed by atoms with Crippen LogP contribution >= 0.6 is 45.2 Å². The highest BCUT2D eigenvalue weighted by molar-refractivity contribution is 14.1. The summed E-state index contributed by atoms with van der Waals surface area (Å²) in [7, 11) is 2.31. The Morgan fingerprint density at radius 3 is 2.28 bits per heavy atom. The van der Waals surface area contributed by atoms with Gasteiger partial charge in [-0.1, -0.05) is 29.0 Å². The normalized spacial score (nSPS) is 27.8. The van der Waals surface area contributed by atoms with Crippen molar-refractivity contribution in [3.05, 3.63) is 0 Å². The van der Waals surface area contributed by atoms with Crippen molar-refractivity contribution in [2.24, 2.45) is 5.73 Å². The van der Waals surface area contributed by atoms with Gasteiger partial charge in [-0.25, -0.2) is 0 Å². The minimum absolute atomic E-state index is 0.278. The third kappa shape index (κ3) is 7.33. The van der Waals surface area contributed by atoms with Gasteiger partial charge in [0.05, 0.1) is 31.7 Å². The number of nitrogens with zero attached hydrogens (tertiary/aromatic N) is 3. The first-order chi connectivity index (χ1) is 11.7. The van der Waals surface area contributed by atoms with Gasteiger partial charge in [-0.2, -0.15) is 0 Å². The van der Waals surface area contributed by atoms with Crippen LogP contribution < -0.4 is 5.73 Å². The maximum Gasteiger partial charge on any atom is 0.208 e. The van der Waals surface area contributed by atoms with Crippen molar-refractivity contribution in [3.63, 3.8) is 0 Å². The Hall–Kier alpha value is 1.30. The molecule has 1 aliphatic rings. The highest BCUT2D eigenvalue weighted by atomic mass is 127. The van der Waals surface area contributed by atoms with Crippen LogP contribution in [0.3, 0.4) is 0 Å². The summed E-state index contributed by atoms with van der Waals surface area (Å²) in [6, 6.07) is 0. The number of quaternary nitrogens is 2. The van der Waals surface area contributed by atoms with E-state index in [1.165, 1.54) is 83.0 Å². The van der Waals surface area contributed by atoms with E-state index in [-0.39, 0.29) is 5.54 Å². The molecule has 0 aromatic rings. The van der Waals surface area contributed by atoms with E-state index >= 15 is 0 Å². The smallest absolute Gasteiger partial charge is 0.208 e. The predicted octanol–water partition coefficient (Wildman–Crippen LogP) is 3.67. The van der Waals surface area contributed by atoms with Crippen LogP contribution in [0.4, 0.5) is 0 Å². The van der Waals surface area contributed by atoms with E-state index in [1.807, 2.05) is 0 Å². The number of hydrogen-bond acceptors (Lipinski definition) is 2. The van der Waals surface area contributed by atoms with E-state index in [2.05, 4.69) is 77.9 Å². The fourth-order valence-electron chi connectivity index (χ4n) is 4.22. The molecule has 25 heavy (non-hydrogen) atoms. The Bertz CT molecular complexity index is 371. The molecule has 2 N–H and O–H groups in total. The Labute approximate surface area is 184 Å². The lowest BCUT2D eigenvalue weighted by Crippen LogP contribution is -2.74. The molecule has 0 spiro atoms. The molecule has 2 unspecified atom stereocenters. The molecule has 0 radical (unpaired) electrons. The van der Waals surface area contributed by atoms with E-state index in [9.17, 15) is 0 Å². The molecule has 0 saturated carbocycles. The largest absolute Gasteiger partial charge is 0.326 e. The lowest BCUT2D eigenvalue weighted by atomic mass is 9.98. The van der Waals surface area contributed by atoms with Gasteiger partial charge in [-0.15, -0.1) is 0 Å². The quantitative estimate of drug-likeness (QED) is 0.133. The zero-order valence-corrected chi connectivity index (χ0v) is 21.4. The standard InChI is InChI=1S/C19H42I2N4/c1-19(2,3)25(15-10-22)14-8-13-24(17-21,18-25)16-12-23(4)11-7-5-6-9-20/h5-18,22H2,1-4H3/q+2. The van der Waals surface area contributed by atoms with Gasteiger partial charge in [0.25, 0.3) is 0 Å². The summed E-state index contributed by atoms with van der Waals surface area (Å²) >= 11 is 5.12. The average Bonchev–Trinajstić information content (AvgIpc) is 2.56. The number of nitrogens with two attached hydrogens (primary N) is 1. The van der Waals surface area contributed by atoms with Crippen LogP contribution in [0.1, 0.15) is 46.5 Å². The number of unbranched alkanes of at least 4 members (excludes halogenated alkanes) is 2. The predicted molar refractivity (Wildman–Crippen MR) is 127 cm³/mol. The second-order valence-electron chi connectivity index (χ2n) is 9.01. The number of hydrogen-bond donors (Lipinski definition) is 1. The molecule has 1 aliphatic heterocycles. The molecule has 1 saturated heterocycles. The van der Waals surface area contributed by atoms with E-state index in [1.54, 1.807) is 0 Å². The summed E-state index contributed by atoms with van der Waals surface area (Å²) in [4.78, 5) is 2.56. The third-order valence-electron chi connectivity index (χ3n) is 6.15. The molecule has 1 fully saturated rings. The first-order valence-corrected chi connectivity index (χ1v) is 13.0. The molecule has 150 valence electrons. The molecule has 0 bridgehead atoms. The first kappa shape index (κ1) is 24.3. The maximum atomic E-state index is 6.04. The second kappa shape index (κ2) is 11.3. The Morgan fingerprint density at radius 1 is 1.00 bits per heavy atom. The summed E-state index contributed by atoms with van der Waals surface area (Å²) in [5, 5.41) is 0. The van der Waals surface area contributed by atoms with Gasteiger partial charge in [0.2, 0.25) is 6.67 Å². The van der Waals surface area contributed by atoms with Gasteiger partial charge >= 0.3 is 0 Å². The van der Waals surface area contributed by atoms with Gasteiger partial charge in [0.15, 0.2) is 0 Å². The molecule has 0 amide bonds. The van der Waals surface area contributed by atoms with E-state index in [0.29, 0.717) is 0 Å². The summed E-state index contributed by atoms with van der Waals surface area (Å²) < 4.78 is 4.97. The van der Waals surface area contributed by atoms with Crippen LogP contribution in [0.5, 0.6) is 0 Å². The van der Waals surface area contributed by atoms with Crippen molar-refractivity contribution in [1.29, 1.82) is 0 Å². The van der Waals surface area contributed by atoms with Crippen LogP contribution in [0, 0.1) is 0 Å². The molecule has 4 nitrogen and oxygen atoms in total. The van der Waals surface area contributed by atoms with Crippen molar-refractivity contribution in [2.45, 2.75) is 52.0 Å². The average molecular weight is 580 g/mol. The highest BCUT2D eigenvalue weighted by Crippen LogP contribution is 2.32. The van der Waals surface area contributed by atoms with Gasteiger partial charge in [0.1, 0.15) is 4.55 Å². The number of alkyl halides is 2. The topological polar surface area (TPSA) is 29.3 Å². The lowest BCUT2D eigenvalue weighted by molar-refractivity contribution is -1.13. The lowest BCUT2D eigenvalue weighted by Gasteiger charge is -2.56. The first-order valence-electron chi connectivity index (χ1n) is 9.96. The van der Waals surface area contributed by atoms with Crippen LogP contribution in [0.15, 0.2) is 0 Å². The fourth-order valence-corrected chi connectivity index (χ4v) is 5.66. The monoisotopic (exact) mass is 580 g/mol. The zero-order valence-electron chi connectivity index (χ0n) is 17.1. The van der Waals surface area contributed by atoms with E-state index in [4.69, 9.17) is 5.73 Å². The fraction of sp³-hybridized carbons (Fsp3) is 1.00. The van der Waals surface area contributed by atoms with E-state index in [0.717, 1.165) is 13.1 Å². The molecular weight excluding hydrogens is 538 g/mol. The SMILES string of the molecule is CN(CCCCCI)CC[N+]1(CI)CCC[N+](CCN)(C(C)(C)C)C1. The second-order valence-corrected chi connectivity index (χ2v) is 10.8. The van der Waals surface area contributed by atoms with Crippen molar-refractivity contribution in [1.82, 2.24) is 4.90 Å². The summed E-state index contributed by atoms with van der Waals surface area (Å²) in [6.45, 7) is 16.8. The van der Waals surface area contributed by atoms with Crippen molar-refractivity contribution in [2.75, 3.05) is 68.5 Å². The Balaban J connectivity index is 2.67. The number of halogens is 2. The van der Waals surface area contributed by atoms with Gasteiger partial charge in [0, 0.05) is 19.5 Å². The van der Waals surface area contributed by atoms with Crippen molar-refractivity contribution < 1.29 is 8.97 Å². The summed E-state index contributed by atoms with van der Waals surface area (Å²) in [5.74, 6) is 0. The van der Waals surface area contributed by atoms with Crippen LogP contribution in [-0.4, -0.2) is 87.9 Å². The van der Waals surface area contributed by atoms with Crippen molar-refractivity contribution in [3.8, 4) is 0 Å². The molecule has 0 aromatic carbocycles. The molecular formula is C19H42I2N4+2. The summed E-state index contributed by atoms with van der Waals surface area (Å²) in [5.41, 5.74) is 6.32. The molecule has 6 heteroatoms. The van der Waals surface area contributed by atoms with Gasteiger partial charge in [-0.05, 0) is 74.2 Å². The van der Waals surface area contributed by atoms with Crippen LogP contribution in [0.25, 0.3) is 0 Å². The minimum Gasteiger partial charge on any atom is -0.326 e. The maximum absolute atomic E-state index is 6.04. The minimum atomic E-state index is 0.278. The molecule has 2 atom stereocenters. The third-order valence-corrected chi connectivity index (χ3v) is 8.36. The Kier molecular flexibility index (Phi) is 11.0. The van der Waals surface area contributed by atoms with Crippen LogP contribution in [0.2, 0.25) is 0 Å². The summed E-state index contributed by atoms with van der Waals surface area (Å²) in [6.07, 6.45) is 5.42. The molecule has 1 rings (SSSR count). The zero-order chi connectivity index (χ0) is 19.0. The van der Waals surface area contributed by atoms with Crippen LogP contribution in [-0.2, 0) is 0 Å².